The normalized spacial score (nSPS) is 15.6. The monoisotopic (exact) mass is 280 g/mol. The molecule has 2 aromatic carbocycles. The number of hydrogen-bond acceptors (Lipinski definition) is 5. The summed E-state index contributed by atoms with van der Waals surface area (Å²) in [6.07, 6.45) is 0. The van der Waals surface area contributed by atoms with Crippen molar-refractivity contribution >= 4 is 38.6 Å². The number of benzene rings is 2. The lowest BCUT2D eigenvalue weighted by molar-refractivity contribution is 0.0737. The van der Waals surface area contributed by atoms with Gasteiger partial charge in [0.1, 0.15) is 0 Å². The first kappa shape index (κ1) is 11.3. The molecule has 0 saturated carbocycles. The van der Waals surface area contributed by atoms with Gasteiger partial charge in [-0.25, -0.2) is 9.78 Å². The first-order chi connectivity index (χ1) is 9.81. The lowest BCUT2D eigenvalue weighted by Gasteiger charge is -1.94. The topological polar surface area (TPSA) is 51.5 Å². The van der Waals surface area contributed by atoms with Crippen LogP contribution in [0.15, 0.2) is 53.5 Å². The Balaban J connectivity index is 1.83. The highest BCUT2D eigenvalue weighted by atomic mass is 32.1. The zero-order chi connectivity index (χ0) is 13.5. The van der Waals surface area contributed by atoms with E-state index in [9.17, 15) is 4.79 Å². The maximum absolute atomic E-state index is 11.7. The molecule has 1 aliphatic rings. The number of rotatable bonds is 1. The van der Waals surface area contributed by atoms with Gasteiger partial charge in [-0.1, -0.05) is 35.6 Å². The highest BCUT2D eigenvalue weighted by Crippen LogP contribution is 2.30. The molecule has 0 atom stereocenters. The van der Waals surface area contributed by atoms with E-state index in [1.165, 1.54) is 11.3 Å². The summed E-state index contributed by atoms with van der Waals surface area (Å²) in [7, 11) is 0. The van der Waals surface area contributed by atoms with E-state index >= 15 is 0 Å². The second-order valence-electron chi connectivity index (χ2n) is 4.32. The fourth-order valence-electron chi connectivity index (χ4n) is 2.12. The minimum absolute atomic E-state index is 0.324. The van der Waals surface area contributed by atoms with E-state index in [0.29, 0.717) is 16.6 Å². The van der Waals surface area contributed by atoms with Crippen molar-refractivity contribution in [3.63, 3.8) is 0 Å². The van der Waals surface area contributed by atoms with Crippen molar-refractivity contribution in [2.75, 3.05) is 0 Å². The van der Waals surface area contributed by atoms with Crippen LogP contribution in [0.2, 0.25) is 0 Å². The number of esters is 1. The van der Waals surface area contributed by atoms with E-state index in [1.807, 2.05) is 36.4 Å². The number of para-hydroxylation sites is 1. The molecule has 4 nitrogen and oxygen atoms in total. The van der Waals surface area contributed by atoms with Crippen LogP contribution in [-0.2, 0) is 4.74 Å². The van der Waals surface area contributed by atoms with Crippen LogP contribution in [0.1, 0.15) is 15.9 Å². The first-order valence-corrected chi connectivity index (χ1v) is 6.89. The van der Waals surface area contributed by atoms with E-state index in [0.717, 1.165) is 15.8 Å². The van der Waals surface area contributed by atoms with Crippen molar-refractivity contribution in [3.05, 3.63) is 59.7 Å². The van der Waals surface area contributed by atoms with Crippen LogP contribution in [0.3, 0.4) is 0 Å². The highest BCUT2D eigenvalue weighted by molar-refractivity contribution is 7.22. The Hall–Kier alpha value is -2.53. The SMILES string of the molecule is O=C1O/C(=N/c2nc3ccccc3s2)c2ccccc21. The summed E-state index contributed by atoms with van der Waals surface area (Å²) in [6, 6.07) is 15.0. The van der Waals surface area contributed by atoms with Gasteiger partial charge in [-0.15, -0.1) is 0 Å². The molecule has 0 N–H and O–H groups in total. The number of thiazole rings is 1. The van der Waals surface area contributed by atoms with Gasteiger partial charge in [-0.3, -0.25) is 0 Å². The van der Waals surface area contributed by atoms with Crippen molar-refractivity contribution < 1.29 is 9.53 Å². The van der Waals surface area contributed by atoms with Crippen molar-refractivity contribution in [1.29, 1.82) is 0 Å². The van der Waals surface area contributed by atoms with Gasteiger partial charge < -0.3 is 4.74 Å². The van der Waals surface area contributed by atoms with Gasteiger partial charge in [0.25, 0.3) is 0 Å². The Morgan fingerprint density at radius 2 is 1.75 bits per heavy atom. The zero-order valence-electron chi connectivity index (χ0n) is 10.2. The summed E-state index contributed by atoms with van der Waals surface area (Å²) in [5.74, 6) is -0.0369. The maximum atomic E-state index is 11.7. The Morgan fingerprint density at radius 3 is 2.60 bits per heavy atom. The average Bonchev–Trinajstić information content (AvgIpc) is 3.01. The number of carbonyl (C=O) groups excluding carboxylic acids is 1. The third-order valence-corrected chi connectivity index (χ3v) is 3.98. The van der Waals surface area contributed by atoms with E-state index in [1.54, 1.807) is 12.1 Å². The average molecular weight is 280 g/mol. The molecular weight excluding hydrogens is 272 g/mol. The van der Waals surface area contributed by atoms with Gasteiger partial charge in [-0.05, 0) is 24.3 Å². The molecule has 0 amide bonds. The molecule has 0 fully saturated rings. The molecule has 0 aliphatic carbocycles. The number of carbonyl (C=O) groups is 1. The van der Waals surface area contributed by atoms with Crippen molar-refractivity contribution in [3.8, 4) is 0 Å². The van der Waals surface area contributed by atoms with Crippen LogP contribution in [0, 0.1) is 0 Å². The van der Waals surface area contributed by atoms with Crippen LogP contribution in [0.5, 0.6) is 0 Å². The minimum Gasteiger partial charge on any atom is -0.403 e. The van der Waals surface area contributed by atoms with E-state index in [-0.39, 0.29) is 5.97 Å². The molecule has 96 valence electrons. The molecule has 0 spiro atoms. The van der Waals surface area contributed by atoms with Gasteiger partial charge in [-0.2, -0.15) is 4.99 Å². The summed E-state index contributed by atoms with van der Waals surface area (Å²) in [6.45, 7) is 0. The number of aliphatic imine (C=N–C) groups is 1. The number of hydrogen-bond donors (Lipinski definition) is 0. The predicted molar refractivity (Wildman–Crippen MR) is 77.7 cm³/mol. The second-order valence-corrected chi connectivity index (χ2v) is 5.33. The number of nitrogens with zero attached hydrogens (tertiary/aromatic N) is 2. The predicted octanol–water partition coefficient (Wildman–Crippen LogP) is 3.55. The van der Waals surface area contributed by atoms with Crippen LogP contribution in [0.25, 0.3) is 10.2 Å². The highest BCUT2D eigenvalue weighted by Gasteiger charge is 2.27. The van der Waals surface area contributed by atoms with E-state index in [2.05, 4.69) is 9.98 Å². The number of aromatic nitrogens is 1. The third kappa shape index (κ3) is 1.71. The first-order valence-electron chi connectivity index (χ1n) is 6.07. The molecule has 0 radical (unpaired) electrons. The quantitative estimate of drug-likeness (QED) is 0.640. The zero-order valence-corrected chi connectivity index (χ0v) is 11.1. The van der Waals surface area contributed by atoms with Crippen LogP contribution < -0.4 is 0 Å². The second kappa shape index (κ2) is 4.25. The van der Waals surface area contributed by atoms with Crippen LogP contribution in [0.4, 0.5) is 5.13 Å². The fraction of sp³-hybridized carbons (Fsp3) is 0. The summed E-state index contributed by atoms with van der Waals surface area (Å²) in [5, 5.41) is 0.589. The Kier molecular flexibility index (Phi) is 2.40. The molecule has 3 aromatic rings. The number of ether oxygens (including phenoxy) is 1. The van der Waals surface area contributed by atoms with Crippen LogP contribution >= 0.6 is 11.3 Å². The van der Waals surface area contributed by atoms with Gasteiger partial charge in [0.05, 0.1) is 21.3 Å². The van der Waals surface area contributed by atoms with E-state index in [4.69, 9.17) is 4.74 Å². The van der Waals surface area contributed by atoms with Crippen molar-refractivity contribution in [1.82, 2.24) is 4.98 Å². The standard InChI is InChI=1S/C15H8N2O2S/c18-14-10-6-2-1-5-9(10)13(19-14)17-15-16-11-7-3-4-8-12(11)20-15/h1-8H/b17-13+. The maximum Gasteiger partial charge on any atom is 0.345 e. The van der Waals surface area contributed by atoms with E-state index < -0.39 is 0 Å². The number of fused-ring (bicyclic) bond motifs is 2. The van der Waals surface area contributed by atoms with Crippen molar-refractivity contribution in [2.45, 2.75) is 0 Å². The lowest BCUT2D eigenvalue weighted by Crippen LogP contribution is -1.99. The minimum atomic E-state index is -0.361. The molecular formula is C15H8N2O2S. The molecule has 0 bridgehead atoms. The molecule has 5 heteroatoms. The molecule has 2 heterocycles. The Morgan fingerprint density at radius 1 is 1.00 bits per heavy atom. The Bertz CT molecular complexity index is 834. The van der Waals surface area contributed by atoms with Gasteiger partial charge in [0.2, 0.25) is 11.0 Å². The van der Waals surface area contributed by atoms with Gasteiger partial charge >= 0.3 is 5.97 Å². The molecule has 0 unspecified atom stereocenters. The summed E-state index contributed by atoms with van der Waals surface area (Å²) >= 11 is 1.47. The lowest BCUT2D eigenvalue weighted by atomic mass is 10.1. The molecule has 4 rings (SSSR count). The Labute approximate surface area is 118 Å². The summed E-state index contributed by atoms with van der Waals surface area (Å²) in [4.78, 5) is 20.5. The van der Waals surface area contributed by atoms with Crippen molar-refractivity contribution in [2.24, 2.45) is 4.99 Å². The smallest absolute Gasteiger partial charge is 0.345 e. The third-order valence-electron chi connectivity index (χ3n) is 3.05. The fourth-order valence-corrected chi connectivity index (χ4v) is 2.96. The molecule has 0 saturated heterocycles. The molecule has 20 heavy (non-hydrogen) atoms. The molecule has 1 aliphatic heterocycles. The summed E-state index contributed by atoms with van der Waals surface area (Å²) in [5.41, 5.74) is 2.17. The van der Waals surface area contributed by atoms with Gasteiger partial charge in [0, 0.05) is 0 Å². The van der Waals surface area contributed by atoms with Crippen LogP contribution in [-0.4, -0.2) is 16.9 Å². The summed E-state index contributed by atoms with van der Waals surface area (Å²) < 4.78 is 6.27. The largest absolute Gasteiger partial charge is 0.403 e. The molecule has 1 aromatic heterocycles. The van der Waals surface area contributed by atoms with Gasteiger partial charge in [0.15, 0.2) is 0 Å². The number of cyclic esters (lactones) is 1.